The summed E-state index contributed by atoms with van der Waals surface area (Å²) in [7, 11) is 1.68. The number of nitrogens with zero attached hydrogens (tertiary/aromatic N) is 3. The number of hydrogen-bond acceptors (Lipinski definition) is 6. The van der Waals surface area contributed by atoms with E-state index >= 15 is 0 Å². The maximum absolute atomic E-state index is 5.25. The number of aryl methyl sites for hydroxylation is 1. The third-order valence-corrected chi connectivity index (χ3v) is 4.18. The zero-order valence-corrected chi connectivity index (χ0v) is 15.6. The van der Waals surface area contributed by atoms with E-state index in [1.807, 2.05) is 24.3 Å². The number of ether oxygens (including phenoxy) is 1. The topological polar surface area (TPSA) is 72.0 Å². The van der Waals surface area contributed by atoms with E-state index in [0.29, 0.717) is 5.95 Å². The molecule has 0 atom stereocenters. The van der Waals surface area contributed by atoms with Crippen LogP contribution in [0.3, 0.4) is 0 Å². The van der Waals surface area contributed by atoms with Gasteiger partial charge in [0.05, 0.1) is 13.3 Å². The van der Waals surface area contributed by atoms with Gasteiger partial charge in [0, 0.05) is 13.1 Å². The van der Waals surface area contributed by atoms with Crippen LogP contribution < -0.4 is 15.4 Å². The van der Waals surface area contributed by atoms with E-state index in [2.05, 4.69) is 56.1 Å². The number of nitrogens with one attached hydrogen (secondary N) is 2. The molecular formula is C21H25N5O. The summed E-state index contributed by atoms with van der Waals surface area (Å²) >= 11 is 0. The largest absolute Gasteiger partial charge is 0.497 e. The van der Waals surface area contributed by atoms with Crippen molar-refractivity contribution in [3.63, 3.8) is 0 Å². The Morgan fingerprint density at radius 2 is 1.74 bits per heavy atom. The van der Waals surface area contributed by atoms with Crippen molar-refractivity contribution in [2.75, 3.05) is 30.8 Å². The zero-order valence-electron chi connectivity index (χ0n) is 15.6. The monoisotopic (exact) mass is 363 g/mol. The first-order valence-electron chi connectivity index (χ1n) is 9.18. The van der Waals surface area contributed by atoms with E-state index in [1.54, 1.807) is 13.3 Å². The second-order valence-electron chi connectivity index (χ2n) is 6.21. The van der Waals surface area contributed by atoms with Crippen LogP contribution >= 0.6 is 0 Å². The van der Waals surface area contributed by atoms with Gasteiger partial charge in [-0.2, -0.15) is 10.1 Å². The average Bonchev–Trinajstić information content (AvgIpc) is 2.72. The summed E-state index contributed by atoms with van der Waals surface area (Å²) in [5, 5.41) is 14.6. The summed E-state index contributed by atoms with van der Waals surface area (Å²) < 4.78 is 5.25. The van der Waals surface area contributed by atoms with Crippen molar-refractivity contribution >= 4 is 11.8 Å². The summed E-state index contributed by atoms with van der Waals surface area (Å²) in [6, 6.07) is 18.5. The molecule has 0 aliphatic rings. The molecular weight excluding hydrogens is 338 g/mol. The predicted octanol–water partition coefficient (Wildman–Crippen LogP) is 3.58. The molecule has 0 spiro atoms. The molecule has 3 aromatic rings. The normalized spacial score (nSPS) is 10.4. The Kier molecular flexibility index (Phi) is 6.98. The number of hydrogen-bond donors (Lipinski definition) is 2. The van der Waals surface area contributed by atoms with Crippen LogP contribution in [0.2, 0.25) is 0 Å². The maximum atomic E-state index is 5.25. The molecule has 6 nitrogen and oxygen atoms in total. The van der Waals surface area contributed by atoms with Gasteiger partial charge in [0.2, 0.25) is 5.95 Å². The highest BCUT2D eigenvalue weighted by atomic mass is 16.5. The molecule has 3 rings (SSSR count). The molecule has 0 amide bonds. The molecule has 6 heteroatoms. The van der Waals surface area contributed by atoms with Crippen LogP contribution in [-0.4, -0.2) is 35.4 Å². The van der Waals surface area contributed by atoms with Crippen molar-refractivity contribution in [2.45, 2.75) is 19.3 Å². The average molecular weight is 363 g/mol. The molecule has 0 aliphatic carbocycles. The number of methoxy groups -OCH3 is 1. The van der Waals surface area contributed by atoms with E-state index in [1.165, 1.54) is 11.1 Å². The molecule has 0 saturated carbocycles. The summed E-state index contributed by atoms with van der Waals surface area (Å²) in [6.45, 7) is 1.57. The van der Waals surface area contributed by atoms with Crippen LogP contribution in [0.25, 0.3) is 0 Å². The van der Waals surface area contributed by atoms with Gasteiger partial charge in [-0.05, 0) is 42.5 Å². The lowest BCUT2D eigenvalue weighted by Crippen LogP contribution is -2.11. The molecule has 140 valence electrons. The first-order chi connectivity index (χ1) is 13.3. The Balaban J connectivity index is 1.41. The first-order valence-corrected chi connectivity index (χ1v) is 9.18. The second kappa shape index (κ2) is 10.1. The minimum atomic E-state index is 0.533. The fraction of sp³-hybridized carbons (Fsp3) is 0.286. The Morgan fingerprint density at radius 3 is 2.59 bits per heavy atom. The highest BCUT2D eigenvalue weighted by Crippen LogP contribution is 2.13. The lowest BCUT2D eigenvalue weighted by molar-refractivity contribution is 0.414. The number of benzene rings is 2. The summed E-state index contributed by atoms with van der Waals surface area (Å²) in [5.41, 5.74) is 2.55. The van der Waals surface area contributed by atoms with Crippen molar-refractivity contribution < 1.29 is 4.74 Å². The zero-order chi connectivity index (χ0) is 18.7. The number of aromatic nitrogens is 3. The number of rotatable bonds is 10. The minimum Gasteiger partial charge on any atom is -0.497 e. The van der Waals surface area contributed by atoms with Crippen LogP contribution in [-0.2, 0) is 12.8 Å². The van der Waals surface area contributed by atoms with Crippen LogP contribution in [0.5, 0.6) is 5.75 Å². The van der Waals surface area contributed by atoms with E-state index in [4.69, 9.17) is 4.74 Å². The van der Waals surface area contributed by atoms with Gasteiger partial charge in [0.15, 0.2) is 0 Å². The van der Waals surface area contributed by atoms with Gasteiger partial charge in [0.25, 0.3) is 0 Å². The Labute approximate surface area is 160 Å². The van der Waals surface area contributed by atoms with Crippen molar-refractivity contribution in [3.8, 4) is 5.75 Å². The van der Waals surface area contributed by atoms with Crippen molar-refractivity contribution in [2.24, 2.45) is 0 Å². The van der Waals surface area contributed by atoms with Gasteiger partial charge in [-0.1, -0.05) is 42.5 Å². The van der Waals surface area contributed by atoms with Crippen molar-refractivity contribution in [3.05, 3.63) is 71.9 Å². The van der Waals surface area contributed by atoms with E-state index in [-0.39, 0.29) is 0 Å². The van der Waals surface area contributed by atoms with Crippen LogP contribution in [0.4, 0.5) is 11.8 Å². The molecule has 0 saturated heterocycles. The molecule has 1 heterocycles. The Morgan fingerprint density at radius 1 is 0.889 bits per heavy atom. The summed E-state index contributed by atoms with van der Waals surface area (Å²) in [4.78, 5) is 4.46. The highest BCUT2D eigenvalue weighted by molar-refractivity contribution is 5.37. The summed E-state index contributed by atoms with van der Waals surface area (Å²) in [6.07, 6.45) is 4.58. The van der Waals surface area contributed by atoms with Crippen LogP contribution in [0, 0.1) is 0 Å². The molecule has 2 N–H and O–H groups in total. The van der Waals surface area contributed by atoms with Gasteiger partial charge in [-0.25, -0.2) is 0 Å². The first kappa shape index (κ1) is 18.6. The van der Waals surface area contributed by atoms with Crippen molar-refractivity contribution in [1.82, 2.24) is 15.2 Å². The van der Waals surface area contributed by atoms with Gasteiger partial charge >= 0.3 is 0 Å². The highest BCUT2D eigenvalue weighted by Gasteiger charge is 2.01. The standard InChI is InChI=1S/C21H25N5O/c1-27-19-11-5-9-18(15-19)12-14-23-21-25-20(16-24-26-21)22-13-6-10-17-7-3-2-4-8-17/h2-5,7-9,11,15-16H,6,10,12-14H2,1H3,(H2,22,23,25,26). The van der Waals surface area contributed by atoms with E-state index in [9.17, 15) is 0 Å². The molecule has 2 aromatic carbocycles. The Bertz CT molecular complexity index is 826. The second-order valence-corrected chi connectivity index (χ2v) is 6.21. The fourth-order valence-electron chi connectivity index (χ4n) is 2.76. The third-order valence-electron chi connectivity index (χ3n) is 4.18. The molecule has 0 fully saturated rings. The fourth-order valence-corrected chi connectivity index (χ4v) is 2.76. The van der Waals surface area contributed by atoms with E-state index in [0.717, 1.165) is 43.9 Å². The lowest BCUT2D eigenvalue weighted by Gasteiger charge is -2.08. The Hall–Kier alpha value is -3.15. The van der Waals surface area contributed by atoms with Crippen LogP contribution in [0.15, 0.2) is 60.8 Å². The molecule has 27 heavy (non-hydrogen) atoms. The third kappa shape index (κ3) is 6.26. The molecule has 0 bridgehead atoms. The smallest absolute Gasteiger partial charge is 0.244 e. The quantitative estimate of drug-likeness (QED) is 0.537. The molecule has 0 radical (unpaired) electrons. The predicted molar refractivity (Wildman–Crippen MR) is 108 cm³/mol. The van der Waals surface area contributed by atoms with E-state index < -0.39 is 0 Å². The van der Waals surface area contributed by atoms with Gasteiger partial charge < -0.3 is 15.4 Å². The lowest BCUT2D eigenvalue weighted by atomic mass is 10.1. The number of anilines is 2. The van der Waals surface area contributed by atoms with Gasteiger partial charge in [0.1, 0.15) is 11.6 Å². The molecule has 1 aromatic heterocycles. The molecule has 0 unspecified atom stereocenters. The maximum Gasteiger partial charge on any atom is 0.244 e. The van der Waals surface area contributed by atoms with Crippen molar-refractivity contribution in [1.29, 1.82) is 0 Å². The van der Waals surface area contributed by atoms with Gasteiger partial charge in [-0.15, -0.1) is 5.10 Å². The van der Waals surface area contributed by atoms with Crippen LogP contribution in [0.1, 0.15) is 17.5 Å². The minimum absolute atomic E-state index is 0.533. The SMILES string of the molecule is COc1cccc(CCNc2nncc(NCCCc3ccccc3)n2)c1. The molecule has 0 aliphatic heterocycles. The van der Waals surface area contributed by atoms with Gasteiger partial charge in [-0.3, -0.25) is 0 Å². The summed E-state index contributed by atoms with van der Waals surface area (Å²) in [5.74, 6) is 2.14.